The summed E-state index contributed by atoms with van der Waals surface area (Å²) in [5, 5.41) is 2.95. The molecule has 0 bridgehead atoms. The van der Waals surface area contributed by atoms with E-state index >= 15 is 0 Å². The van der Waals surface area contributed by atoms with Crippen LogP contribution in [0.2, 0.25) is 0 Å². The minimum atomic E-state index is -3.68. The topological polar surface area (TPSA) is 111 Å². The molecular weight excluding hydrogens is 366 g/mol. The molecule has 0 aliphatic heterocycles. The lowest BCUT2D eigenvalue weighted by atomic mass is 9.95. The molecule has 1 fully saturated rings. The summed E-state index contributed by atoms with van der Waals surface area (Å²) >= 11 is 0. The molecule has 0 aromatic heterocycles. The Balaban J connectivity index is 0.00000312. The highest BCUT2D eigenvalue weighted by atomic mass is 35.5. The van der Waals surface area contributed by atoms with Crippen LogP contribution in [0.15, 0.2) is 29.2 Å². The molecule has 4 N–H and O–H groups in total. The van der Waals surface area contributed by atoms with E-state index < -0.39 is 15.6 Å². The third-order valence-corrected chi connectivity index (χ3v) is 5.77. The van der Waals surface area contributed by atoms with Crippen molar-refractivity contribution >= 4 is 28.3 Å². The van der Waals surface area contributed by atoms with Crippen LogP contribution >= 0.6 is 12.4 Å². The van der Waals surface area contributed by atoms with Gasteiger partial charge in [0.15, 0.2) is 0 Å². The zero-order chi connectivity index (χ0) is 17.8. The van der Waals surface area contributed by atoms with Crippen LogP contribution in [0.25, 0.3) is 0 Å². The summed E-state index contributed by atoms with van der Waals surface area (Å²) in [6, 6.07) is 5.97. The molecule has 0 spiro atoms. The van der Waals surface area contributed by atoms with E-state index in [1.54, 1.807) is 12.1 Å². The number of carbonyl (C=O) groups excluding carboxylic acids is 1. The lowest BCUT2D eigenvalue weighted by Gasteiger charge is -2.29. The Morgan fingerprint density at radius 1 is 1.40 bits per heavy atom. The number of ether oxygens (including phenoxy) is 1. The first-order chi connectivity index (χ1) is 11.3. The van der Waals surface area contributed by atoms with Crippen molar-refractivity contribution in [3.8, 4) is 0 Å². The summed E-state index contributed by atoms with van der Waals surface area (Å²) in [7, 11) is -2.18. The summed E-state index contributed by atoms with van der Waals surface area (Å²) < 4.78 is 31.7. The van der Waals surface area contributed by atoms with E-state index in [0.717, 1.165) is 12.8 Å². The number of amides is 1. The smallest absolute Gasteiger partial charge is 0.251 e. The highest BCUT2D eigenvalue weighted by Crippen LogP contribution is 2.39. The number of hydrogen-bond acceptors (Lipinski definition) is 5. The Morgan fingerprint density at radius 2 is 2.08 bits per heavy atom. The second-order valence-corrected chi connectivity index (χ2v) is 8.04. The fraction of sp³-hybridized carbons (Fsp3) is 0.562. The van der Waals surface area contributed by atoms with Crippen LogP contribution in [-0.2, 0) is 14.8 Å². The Labute approximate surface area is 155 Å². The number of halogens is 1. The van der Waals surface area contributed by atoms with Crippen LogP contribution in [0.5, 0.6) is 0 Å². The van der Waals surface area contributed by atoms with Gasteiger partial charge in [0.2, 0.25) is 10.0 Å². The van der Waals surface area contributed by atoms with Crippen LogP contribution in [0.4, 0.5) is 0 Å². The fourth-order valence-corrected chi connectivity index (χ4v) is 3.60. The van der Waals surface area contributed by atoms with E-state index in [-0.39, 0.29) is 36.4 Å². The molecule has 2 rings (SSSR count). The SMILES string of the molecule is COCCNS(=O)(=O)c1cccc(C(=O)NC(C)(CN)C2CC2)c1.Cl. The van der Waals surface area contributed by atoms with Gasteiger partial charge in [-0.3, -0.25) is 4.79 Å². The molecule has 0 heterocycles. The van der Waals surface area contributed by atoms with Crippen molar-refractivity contribution in [2.75, 3.05) is 26.8 Å². The predicted octanol–water partition coefficient (Wildman–Crippen LogP) is 0.890. The number of nitrogens with two attached hydrogens (primary N) is 1. The molecule has 1 aliphatic carbocycles. The Hall–Kier alpha value is -1.19. The number of methoxy groups -OCH3 is 1. The van der Waals surface area contributed by atoms with E-state index in [9.17, 15) is 13.2 Å². The number of benzene rings is 1. The molecule has 0 radical (unpaired) electrons. The van der Waals surface area contributed by atoms with Gasteiger partial charge < -0.3 is 15.8 Å². The van der Waals surface area contributed by atoms with Gasteiger partial charge in [-0.2, -0.15) is 0 Å². The molecule has 1 aliphatic rings. The third kappa shape index (κ3) is 5.65. The van der Waals surface area contributed by atoms with Gasteiger partial charge in [-0.25, -0.2) is 13.1 Å². The zero-order valence-electron chi connectivity index (χ0n) is 14.4. The number of hydrogen-bond donors (Lipinski definition) is 3. The maximum absolute atomic E-state index is 12.5. The molecule has 1 unspecified atom stereocenters. The van der Waals surface area contributed by atoms with Gasteiger partial charge in [0.1, 0.15) is 0 Å². The van der Waals surface area contributed by atoms with Crippen LogP contribution in [-0.4, -0.2) is 46.7 Å². The summed E-state index contributed by atoms with van der Waals surface area (Å²) in [6.07, 6.45) is 2.09. The van der Waals surface area contributed by atoms with Crippen LogP contribution in [0.3, 0.4) is 0 Å². The summed E-state index contributed by atoms with van der Waals surface area (Å²) in [4.78, 5) is 12.5. The van der Waals surface area contributed by atoms with Crippen molar-refractivity contribution in [2.45, 2.75) is 30.2 Å². The van der Waals surface area contributed by atoms with Crippen molar-refractivity contribution in [1.82, 2.24) is 10.0 Å². The van der Waals surface area contributed by atoms with Crippen molar-refractivity contribution in [3.63, 3.8) is 0 Å². The highest BCUT2D eigenvalue weighted by molar-refractivity contribution is 7.89. The largest absolute Gasteiger partial charge is 0.383 e. The average Bonchev–Trinajstić information content (AvgIpc) is 3.40. The molecule has 0 saturated heterocycles. The summed E-state index contributed by atoms with van der Waals surface area (Å²) in [6.45, 7) is 2.72. The zero-order valence-corrected chi connectivity index (χ0v) is 16.1. The van der Waals surface area contributed by atoms with E-state index in [1.807, 2.05) is 6.92 Å². The van der Waals surface area contributed by atoms with E-state index in [0.29, 0.717) is 18.0 Å². The number of sulfonamides is 1. The second kappa shape index (κ2) is 8.95. The van der Waals surface area contributed by atoms with Crippen molar-refractivity contribution in [3.05, 3.63) is 29.8 Å². The Morgan fingerprint density at radius 3 is 2.64 bits per heavy atom. The van der Waals surface area contributed by atoms with Crippen molar-refractivity contribution in [2.24, 2.45) is 11.7 Å². The lowest BCUT2D eigenvalue weighted by Crippen LogP contribution is -2.53. The molecule has 1 saturated carbocycles. The first kappa shape index (κ1) is 21.9. The fourth-order valence-electron chi connectivity index (χ4n) is 2.54. The second-order valence-electron chi connectivity index (χ2n) is 6.27. The first-order valence-electron chi connectivity index (χ1n) is 7.93. The van der Waals surface area contributed by atoms with Crippen LogP contribution in [0.1, 0.15) is 30.1 Å². The minimum Gasteiger partial charge on any atom is -0.383 e. The van der Waals surface area contributed by atoms with Gasteiger partial charge in [0.05, 0.1) is 17.0 Å². The Bertz CT molecular complexity index is 694. The number of nitrogens with one attached hydrogen (secondary N) is 2. The van der Waals surface area contributed by atoms with Crippen LogP contribution in [0, 0.1) is 5.92 Å². The maximum atomic E-state index is 12.5. The molecule has 25 heavy (non-hydrogen) atoms. The van der Waals surface area contributed by atoms with Crippen LogP contribution < -0.4 is 15.8 Å². The highest BCUT2D eigenvalue weighted by Gasteiger charge is 2.41. The molecule has 1 amide bonds. The summed E-state index contributed by atoms with van der Waals surface area (Å²) in [5.41, 5.74) is 5.65. The normalized spacial score (nSPS) is 16.6. The number of rotatable bonds is 9. The van der Waals surface area contributed by atoms with Gasteiger partial charge in [-0.15, -0.1) is 12.4 Å². The van der Waals surface area contributed by atoms with Gasteiger partial charge in [-0.1, -0.05) is 6.07 Å². The quantitative estimate of drug-likeness (QED) is 0.541. The molecule has 7 nitrogen and oxygen atoms in total. The average molecular weight is 392 g/mol. The monoisotopic (exact) mass is 391 g/mol. The Kier molecular flexibility index (Phi) is 7.83. The van der Waals surface area contributed by atoms with E-state index in [2.05, 4.69) is 10.0 Å². The molecular formula is C16H26ClN3O4S. The first-order valence-corrected chi connectivity index (χ1v) is 9.42. The van der Waals surface area contributed by atoms with Crippen molar-refractivity contribution < 1.29 is 17.9 Å². The molecule has 142 valence electrons. The maximum Gasteiger partial charge on any atom is 0.251 e. The van der Waals surface area contributed by atoms with Crippen molar-refractivity contribution in [1.29, 1.82) is 0 Å². The van der Waals surface area contributed by atoms with Gasteiger partial charge in [0, 0.05) is 25.8 Å². The van der Waals surface area contributed by atoms with E-state index in [4.69, 9.17) is 10.5 Å². The van der Waals surface area contributed by atoms with Gasteiger partial charge in [0.25, 0.3) is 5.91 Å². The third-order valence-electron chi connectivity index (χ3n) is 4.31. The van der Waals surface area contributed by atoms with Gasteiger partial charge >= 0.3 is 0 Å². The molecule has 1 aromatic carbocycles. The molecule has 1 atom stereocenters. The lowest BCUT2D eigenvalue weighted by molar-refractivity contribution is 0.0897. The summed E-state index contributed by atoms with van der Waals surface area (Å²) in [5.74, 6) is 0.0675. The van der Waals surface area contributed by atoms with E-state index in [1.165, 1.54) is 19.2 Å². The van der Waals surface area contributed by atoms with Gasteiger partial charge in [-0.05, 0) is 43.9 Å². The number of carbonyl (C=O) groups is 1. The minimum absolute atomic E-state index is 0. The predicted molar refractivity (Wildman–Crippen MR) is 98.4 cm³/mol. The standard InChI is InChI=1S/C16H25N3O4S.ClH/c1-16(11-17,13-6-7-13)19-15(20)12-4-3-5-14(10-12)24(21,22)18-8-9-23-2;/h3-5,10,13,18H,6-9,11,17H2,1-2H3,(H,19,20);1H. The molecule has 9 heteroatoms. The molecule has 1 aromatic rings.